The van der Waals surface area contributed by atoms with E-state index in [4.69, 9.17) is 14.3 Å². The van der Waals surface area contributed by atoms with E-state index in [2.05, 4.69) is 0 Å². The first-order valence-corrected chi connectivity index (χ1v) is 17.1. The zero-order valence-electron chi connectivity index (χ0n) is 24.6. The van der Waals surface area contributed by atoms with Crippen LogP contribution in [0.25, 0.3) is 0 Å². The van der Waals surface area contributed by atoms with Crippen LogP contribution < -0.4 is 9.04 Å². The fourth-order valence-corrected chi connectivity index (χ4v) is 6.99. The van der Waals surface area contributed by atoms with Crippen LogP contribution in [-0.4, -0.2) is 61.2 Å². The summed E-state index contributed by atoms with van der Waals surface area (Å²) in [6.07, 6.45) is 2.49. The van der Waals surface area contributed by atoms with E-state index in [0.29, 0.717) is 31.6 Å². The number of carbonyl (C=O) groups is 1. The largest absolute Gasteiger partial charge is 0.489 e. The Labute approximate surface area is 239 Å². The Hall–Kier alpha value is -2.79. The molecule has 0 aliphatic carbocycles. The quantitative estimate of drug-likeness (QED) is 0.386. The van der Waals surface area contributed by atoms with Crippen molar-refractivity contribution in [2.24, 2.45) is 5.92 Å². The average Bonchev–Trinajstić information content (AvgIpc) is 2.86. The van der Waals surface area contributed by atoms with Gasteiger partial charge in [-0.2, -0.15) is 0 Å². The lowest BCUT2D eigenvalue weighted by Gasteiger charge is -2.33. The van der Waals surface area contributed by atoms with E-state index in [1.54, 1.807) is 17.0 Å². The van der Waals surface area contributed by atoms with Crippen LogP contribution in [-0.2, 0) is 30.9 Å². The molecule has 40 heavy (non-hydrogen) atoms. The third-order valence-corrected chi connectivity index (χ3v) is 9.42. The molecule has 1 aliphatic heterocycles. The summed E-state index contributed by atoms with van der Waals surface area (Å²) in [5.74, 6) is 0.278. The Balaban J connectivity index is 1.87. The molecule has 1 N–H and O–H groups in total. The number of piperidine rings is 1. The molecule has 1 unspecified atom stereocenters. The lowest BCUT2D eigenvalue weighted by atomic mass is 10.1. The molecule has 0 aromatic heterocycles. The van der Waals surface area contributed by atoms with Gasteiger partial charge in [-0.25, -0.2) is 22.2 Å². The van der Waals surface area contributed by atoms with E-state index >= 15 is 0 Å². The monoisotopic (exact) mass is 593 g/mol. The number of carbonyl (C=O) groups excluding carboxylic acids is 1. The first kappa shape index (κ1) is 31.7. The van der Waals surface area contributed by atoms with Crippen LogP contribution in [0.2, 0.25) is 0 Å². The maximum atomic E-state index is 13.9. The van der Waals surface area contributed by atoms with Gasteiger partial charge in [0.1, 0.15) is 17.5 Å². The number of nitrogens with zero attached hydrogens (tertiary/aromatic N) is 2. The maximum Gasteiger partial charge on any atom is 0.410 e. The Bertz CT molecular complexity index is 1390. The van der Waals surface area contributed by atoms with Crippen molar-refractivity contribution >= 4 is 31.5 Å². The van der Waals surface area contributed by atoms with Gasteiger partial charge in [0.2, 0.25) is 0 Å². The predicted molar refractivity (Wildman–Crippen MR) is 158 cm³/mol. The first-order chi connectivity index (χ1) is 18.5. The van der Waals surface area contributed by atoms with Crippen LogP contribution in [0.15, 0.2) is 52.3 Å². The van der Waals surface area contributed by atoms with Gasteiger partial charge >= 0.3 is 6.09 Å². The normalized spacial score (nSPS) is 16.4. The lowest BCUT2D eigenvalue weighted by Crippen LogP contribution is -2.44. The molecule has 1 aliphatic rings. The minimum atomic E-state index is -4.02. The second-order valence-electron chi connectivity index (χ2n) is 11.7. The minimum Gasteiger partial charge on any atom is -0.489 e. The molecule has 1 saturated heterocycles. The van der Waals surface area contributed by atoms with Crippen molar-refractivity contribution in [2.45, 2.75) is 82.3 Å². The molecule has 2 aromatic carbocycles. The van der Waals surface area contributed by atoms with Gasteiger partial charge in [0, 0.05) is 38.7 Å². The Morgan fingerprint density at radius 3 is 2.17 bits per heavy atom. The Morgan fingerprint density at radius 1 is 1.07 bits per heavy atom. The zero-order chi connectivity index (χ0) is 29.9. The number of ether oxygens (including phenoxy) is 2. The first-order valence-electron chi connectivity index (χ1n) is 13.7. The van der Waals surface area contributed by atoms with E-state index in [1.165, 1.54) is 28.8 Å². The van der Waals surface area contributed by atoms with Gasteiger partial charge in [-0.3, -0.25) is 4.31 Å². The zero-order valence-corrected chi connectivity index (χ0v) is 26.2. The molecule has 0 saturated carbocycles. The van der Waals surface area contributed by atoms with Crippen molar-refractivity contribution in [1.82, 2.24) is 4.90 Å². The van der Waals surface area contributed by atoms with E-state index in [1.807, 2.05) is 53.7 Å². The van der Waals surface area contributed by atoms with Crippen molar-refractivity contribution in [3.8, 4) is 5.75 Å². The molecule has 9 nitrogen and oxygen atoms in total. The van der Waals surface area contributed by atoms with Gasteiger partial charge in [-0.1, -0.05) is 32.9 Å². The highest BCUT2D eigenvalue weighted by atomic mass is 32.2. The van der Waals surface area contributed by atoms with Gasteiger partial charge in [-0.05, 0) is 69.0 Å². The maximum absolute atomic E-state index is 13.9. The van der Waals surface area contributed by atoms with Crippen molar-refractivity contribution in [1.29, 1.82) is 4.78 Å². The summed E-state index contributed by atoms with van der Waals surface area (Å²) in [6, 6.07) is 11.7. The molecule has 2 aromatic rings. The smallest absolute Gasteiger partial charge is 0.410 e. The number of likely N-dealkylation sites (tertiary alicyclic amines) is 1. The van der Waals surface area contributed by atoms with E-state index in [0.717, 1.165) is 12.0 Å². The molecule has 0 radical (unpaired) electrons. The number of hydrogen-bond donors (Lipinski definition) is 1. The van der Waals surface area contributed by atoms with Crippen LogP contribution in [0.5, 0.6) is 5.75 Å². The summed E-state index contributed by atoms with van der Waals surface area (Å²) >= 11 is 0. The fraction of sp³-hybridized carbons (Fsp3) is 0.552. The van der Waals surface area contributed by atoms with Gasteiger partial charge in [0.25, 0.3) is 10.0 Å². The number of amides is 1. The van der Waals surface area contributed by atoms with E-state index < -0.39 is 25.4 Å². The summed E-state index contributed by atoms with van der Waals surface area (Å²) in [5.41, 5.74) is 1.07. The topological polar surface area (TPSA) is 117 Å². The molecule has 222 valence electrons. The number of hydrogen-bond acceptors (Lipinski definition) is 7. The van der Waals surface area contributed by atoms with Gasteiger partial charge in [0.15, 0.2) is 0 Å². The molecular formula is C29H43N3O6S2. The molecule has 1 fully saturated rings. The van der Waals surface area contributed by atoms with Crippen LogP contribution in [0.3, 0.4) is 0 Å². The highest BCUT2D eigenvalue weighted by molar-refractivity contribution is 7.93. The van der Waals surface area contributed by atoms with Crippen molar-refractivity contribution in [3.63, 3.8) is 0 Å². The molecule has 1 atom stereocenters. The molecule has 3 rings (SSSR count). The SMILES string of the molecule is CCc1ccc(N(CC(C)C)S(=O)(=O)c2ccc(OC3CCN(C(=O)OC(C)(C)C)CC3)c(S(C)(=N)=O)c2)cc1. The highest BCUT2D eigenvalue weighted by Crippen LogP contribution is 2.33. The lowest BCUT2D eigenvalue weighted by molar-refractivity contribution is 0.0124. The van der Waals surface area contributed by atoms with Crippen molar-refractivity contribution in [2.75, 3.05) is 30.2 Å². The highest BCUT2D eigenvalue weighted by Gasteiger charge is 2.30. The molecule has 11 heteroatoms. The summed E-state index contributed by atoms with van der Waals surface area (Å²) in [6.45, 7) is 12.5. The van der Waals surface area contributed by atoms with E-state index in [-0.39, 0.29) is 40.2 Å². The summed E-state index contributed by atoms with van der Waals surface area (Å²) in [4.78, 5) is 14.0. The van der Waals surface area contributed by atoms with Gasteiger partial charge in [-0.15, -0.1) is 0 Å². The second kappa shape index (κ2) is 12.4. The molecule has 0 spiro atoms. The molecule has 1 heterocycles. The molecular weight excluding hydrogens is 550 g/mol. The van der Waals surface area contributed by atoms with E-state index in [9.17, 15) is 17.4 Å². The Morgan fingerprint density at radius 2 is 1.68 bits per heavy atom. The van der Waals surface area contributed by atoms with Crippen molar-refractivity contribution < 1.29 is 26.9 Å². The average molecular weight is 594 g/mol. The molecule has 1 amide bonds. The number of nitrogens with one attached hydrogen (secondary N) is 1. The van der Waals surface area contributed by atoms with Gasteiger partial charge < -0.3 is 14.4 Å². The molecule has 0 bridgehead atoms. The number of anilines is 1. The second-order valence-corrected chi connectivity index (χ2v) is 15.7. The minimum absolute atomic E-state index is 0.0361. The van der Waals surface area contributed by atoms with Crippen LogP contribution in [0.4, 0.5) is 10.5 Å². The predicted octanol–water partition coefficient (Wildman–Crippen LogP) is 5.91. The third kappa shape index (κ3) is 8.13. The van der Waals surface area contributed by atoms with Crippen LogP contribution in [0.1, 0.15) is 59.9 Å². The standard InChI is InChI=1S/C29H43N3O6S2/c1-8-22-9-11-23(12-10-22)32(20-21(2)3)40(35,36)25-13-14-26(27(19-25)39(7,30)34)37-24-15-17-31(18-16-24)28(33)38-29(4,5)6/h9-14,19,21,24,30H,8,15-18,20H2,1-7H3. The fourth-order valence-electron chi connectivity index (χ4n) is 4.41. The van der Waals surface area contributed by atoms with Crippen LogP contribution >= 0.6 is 0 Å². The number of rotatable bonds is 9. The number of benzene rings is 2. The Kier molecular flexibility index (Phi) is 9.82. The number of sulfonamides is 1. The summed E-state index contributed by atoms with van der Waals surface area (Å²) in [5, 5.41) is 0. The summed E-state index contributed by atoms with van der Waals surface area (Å²) < 4.78 is 62.0. The number of aryl methyl sites for hydroxylation is 1. The van der Waals surface area contributed by atoms with Crippen LogP contribution in [0, 0.1) is 10.7 Å². The van der Waals surface area contributed by atoms with Gasteiger partial charge in [0.05, 0.1) is 25.2 Å². The third-order valence-electron chi connectivity index (χ3n) is 6.47. The summed E-state index contributed by atoms with van der Waals surface area (Å²) in [7, 11) is -7.35. The van der Waals surface area contributed by atoms with Crippen molar-refractivity contribution in [3.05, 3.63) is 48.0 Å².